The molecule has 0 bridgehead atoms. The van der Waals surface area contributed by atoms with Gasteiger partial charge in [-0.1, -0.05) is 44.7 Å². The standard InChI is InChI=1S/C19H30O2/c1-2-16-7-3-4-8-18(15-16)17-9-11-19(12-10-17)21-14-6-5-13-20/h9-12,16,18,20H,2-8,13-15H2,1H3. The maximum Gasteiger partial charge on any atom is 0.119 e. The molecule has 1 aromatic carbocycles. The maximum atomic E-state index is 8.75. The topological polar surface area (TPSA) is 29.5 Å². The minimum atomic E-state index is 0.253. The lowest BCUT2D eigenvalue weighted by atomic mass is 9.86. The van der Waals surface area contributed by atoms with Gasteiger partial charge in [-0.15, -0.1) is 0 Å². The van der Waals surface area contributed by atoms with Gasteiger partial charge in [0.05, 0.1) is 6.61 Å². The molecule has 0 radical (unpaired) electrons. The molecule has 0 saturated heterocycles. The van der Waals surface area contributed by atoms with Gasteiger partial charge in [0.1, 0.15) is 5.75 Å². The molecule has 118 valence electrons. The van der Waals surface area contributed by atoms with E-state index in [2.05, 4.69) is 31.2 Å². The summed E-state index contributed by atoms with van der Waals surface area (Å²) in [4.78, 5) is 0. The molecule has 1 saturated carbocycles. The van der Waals surface area contributed by atoms with Gasteiger partial charge in [-0.05, 0) is 55.2 Å². The van der Waals surface area contributed by atoms with E-state index in [1.807, 2.05) is 0 Å². The van der Waals surface area contributed by atoms with Gasteiger partial charge < -0.3 is 9.84 Å². The van der Waals surface area contributed by atoms with Crippen LogP contribution in [0.4, 0.5) is 0 Å². The second-order valence-electron chi connectivity index (χ2n) is 6.34. The fourth-order valence-electron chi connectivity index (χ4n) is 3.38. The first kappa shape index (κ1) is 16.4. The van der Waals surface area contributed by atoms with Crippen LogP contribution >= 0.6 is 0 Å². The Morgan fingerprint density at radius 1 is 1.10 bits per heavy atom. The lowest BCUT2D eigenvalue weighted by molar-refractivity contribution is 0.253. The zero-order valence-electron chi connectivity index (χ0n) is 13.4. The van der Waals surface area contributed by atoms with Crippen molar-refractivity contribution in [3.8, 4) is 5.75 Å². The molecule has 0 spiro atoms. The van der Waals surface area contributed by atoms with Crippen LogP contribution in [-0.2, 0) is 0 Å². The number of hydrogen-bond acceptors (Lipinski definition) is 2. The summed E-state index contributed by atoms with van der Waals surface area (Å²) in [5.41, 5.74) is 1.48. The van der Waals surface area contributed by atoms with Crippen molar-refractivity contribution in [2.75, 3.05) is 13.2 Å². The first-order valence-electron chi connectivity index (χ1n) is 8.67. The zero-order chi connectivity index (χ0) is 14.9. The first-order valence-corrected chi connectivity index (χ1v) is 8.67. The van der Waals surface area contributed by atoms with Crippen molar-refractivity contribution in [1.29, 1.82) is 0 Å². The van der Waals surface area contributed by atoms with E-state index in [9.17, 15) is 0 Å². The van der Waals surface area contributed by atoms with Gasteiger partial charge in [0, 0.05) is 6.61 Å². The summed E-state index contributed by atoms with van der Waals surface area (Å²) in [6, 6.07) is 8.73. The van der Waals surface area contributed by atoms with E-state index in [-0.39, 0.29) is 6.61 Å². The summed E-state index contributed by atoms with van der Waals surface area (Å²) >= 11 is 0. The fraction of sp³-hybridized carbons (Fsp3) is 0.684. The number of rotatable bonds is 7. The molecule has 2 heteroatoms. The molecule has 1 aliphatic rings. The third-order valence-electron chi connectivity index (χ3n) is 4.78. The number of ether oxygens (including phenoxy) is 1. The average molecular weight is 290 g/mol. The highest BCUT2D eigenvalue weighted by Gasteiger charge is 2.20. The second kappa shape index (κ2) is 9.09. The van der Waals surface area contributed by atoms with Gasteiger partial charge in [-0.25, -0.2) is 0 Å². The van der Waals surface area contributed by atoms with Gasteiger partial charge in [-0.3, -0.25) is 0 Å². The van der Waals surface area contributed by atoms with E-state index in [0.717, 1.165) is 30.4 Å². The Morgan fingerprint density at radius 3 is 2.57 bits per heavy atom. The minimum absolute atomic E-state index is 0.253. The Kier molecular flexibility index (Phi) is 7.08. The van der Waals surface area contributed by atoms with Crippen LogP contribution in [0.15, 0.2) is 24.3 Å². The van der Waals surface area contributed by atoms with Gasteiger partial charge in [0.2, 0.25) is 0 Å². The van der Waals surface area contributed by atoms with Gasteiger partial charge in [-0.2, -0.15) is 0 Å². The van der Waals surface area contributed by atoms with E-state index in [1.54, 1.807) is 0 Å². The molecule has 0 amide bonds. The van der Waals surface area contributed by atoms with Gasteiger partial charge >= 0.3 is 0 Å². The van der Waals surface area contributed by atoms with Crippen LogP contribution in [0.2, 0.25) is 0 Å². The lowest BCUT2D eigenvalue weighted by Crippen LogP contribution is -2.04. The molecular weight excluding hydrogens is 260 g/mol. The summed E-state index contributed by atoms with van der Waals surface area (Å²) in [6.45, 7) is 3.28. The van der Waals surface area contributed by atoms with Crippen molar-refractivity contribution < 1.29 is 9.84 Å². The fourth-order valence-corrected chi connectivity index (χ4v) is 3.38. The van der Waals surface area contributed by atoms with E-state index < -0.39 is 0 Å². The van der Waals surface area contributed by atoms with Crippen molar-refractivity contribution in [1.82, 2.24) is 0 Å². The van der Waals surface area contributed by atoms with Crippen molar-refractivity contribution >= 4 is 0 Å². The van der Waals surface area contributed by atoms with Crippen LogP contribution in [0.5, 0.6) is 5.75 Å². The number of aliphatic hydroxyl groups is 1. The van der Waals surface area contributed by atoms with Crippen LogP contribution in [-0.4, -0.2) is 18.3 Å². The summed E-state index contributed by atoms with van der Waals surface area (Å²) in [5.74, 6) is 2.60. The van der Waals surface area contributed by atoms with Crippen molar-refractivity contribution in [3.05, 3.63) is 29.8 Å². The van der Waals surface area contributed by atoms with E-state index in [0.29, 0.717) is 6.61 Å². The summed E-state index contributed by atoms with van der Waals surface area (Å²) in [5, 5.41) is 8.75. The highest BCUT2D eigenvalue weighted by molar-refractivity contribution is 5.29. The maximum absolute atomic E-state index is 8.75. The molecule has 1 fully saturated rings. The minimum Gasteiger partial charge on any atom is -0.494 e. The predicted molar refractivity (Wildman–Crippen MR) is 87.9 cm³/mol. The Labute approximate surface area is 129 Å². The second-order valence-corrected chi connectivity index (χ2v) is 6.34. The van der Waals surface area contributed by atoms with Crippen molar-refractivity contribution in [2.45, 2.75) is 64.2 Å². The Hall–Kier alpha value is -1.02. The van der Waals surface area contributed by atoms with Gasteiger partial charge in [0.25, 0.3) is 0 Å². The third kappa shape index (κ3) is 5.35. The molecule has 2 atom stereocenters. The first-order chi connectivity index (χ1) is 10.3. The molecule has 0 heterocycles. The molecule has 21 heavy (non-hydrogen) atoms. The smallest absolute Gasteiger partial charge is 0.119 e. The predicted octanol–water partition coefficient (Wildman–Crippen LogP) is 4.91. The largest absolute Gasteiger partial charge is 0.494 e. The van der Waals surface area contributed by atoms with E-state index in [1.165, 1.54) is 44.1 Å². The molecule has 2 nitrogen and oxygen atoms in total. The van der Waals surface area contributed by atoms with Crippen LogP contribution in [0.1, 0.15) is 69.8 Å². The Balaban J connectivity index is 1.88. The lowest BCUT2D eigenvalue weighted by Gasteiger charge is -2.19. The number of unbranched alkanes of at least 4 members (excludes halogenated alkanes) is 1. The van der Waals surface area contributed by atoms with Gasteiger partial charge in [0.15, 0.2) is 0 Å². The monoisotopic (exact) mass is 290 g/mol. The summed E-state index contributed by atoms with van der Waals surface area (Å²) in [7, 11) is 0. The average Bonchev–Trinajstić information content (AvgIpc) is 2.78. The summed E-state index contributed by atoms with van der Waals surface area (Å²) in [6.07, 6.45) is 9.95. The quantitative estimate of drug-likeness (QED) is 0.571. The molecule has 0 aromatic heterocycles. The van der Waals surface area contributed by atoms with Crippen LogP contribution in [0.3, 0.4) is 0 Å². The molecule has 1 N–H and O–H groups in total. The molecule has 0 aliphatic heterocycles. The van der Waals surface area contributed by atoms with Crippen LogP contribution < -0.4 is 4.74 Å². The molecule has 1 aromatic rings. The summed E-state index contributed by atoms with van der Waals surface area (Å²) < 4.78 is 5.71. The van der Waals surface area contributed by atoms with Crippen molar-refractivity contribution in [2.24, 2.45) is 5.92 Å². The number of aliphatic hydroxyl groups excluding tert-OH is 1. The molecule has 1 aliphatic carbocycles. The highest BCUT2D eigenvalue weighted by Crippen LogP contribution is 2.36. The van der Waals surface area contributed by atoms with Crippen LogP contribution in [0.25, 0.3) is 0 Å². The zero-order valence-corrected chi connectivity index (χ0v) is 13.4. The number of benzene rings is 1. The highest BCUT2D eigenvalue weighted by atomic mass is 16.5. The molecule has 2 unspecified atom stereocenters. The Morgan fingerprint density at radius 2 is 1.86 bits per heavy atom. The van der Waals surface area contributed by atoms with E-state index in [4.69, 9.17) is 9.84 Å². The Bertz CT molecular complexity index is 385. The SMILES string of the molecule is CCC1CCCCC(c2ccc(OCCCCO)cc2)C1. The van der Waals surface area contributed by atoms with E-state index >= 15 is 0 Å². The third-order valence-corrected chi connectivity index (χ3v) is 4.78. The normalized spacial score (nSPS) is 22.8. The van der Waals surface area contributed by atoms with Crippen LogP contribution in [0, 0.1) is 5.92 Å². The molecule has 2 rings (SSSR count). The molecular formula is C19H30O2. The number of hydrogen-bond donors (Lipinski definition) is 1. The van der Waals surface area contributed by atoms with Crippen molar-refractivity contribution in [3.63, 3.8) is 0 Å².